The van der Waals surface area contributed by atoms with E-state index < -0.39 is 0 Å². The summed E-state index contributed by atoms with van der Waals surface area (Å²) in [6, 6.07) is 8.60. The molecule has 0 unspecified atom stereocenters. The molecular formula is C56H91NO2. The van der Waals surface area contributed by atoms with Crippen LogP contribution in [0.2, 0.25) is 0 Å². The van der Waals surface area contributed by atoms with Crippen LogP contribution in [0.15, 0.2) is 70.3 Å². The second kappa shape index (κ2) is 33.0. The maximum absolute atomic E-state index is 6.45. The summed E-state index contributed by atoms with van der Waals surface area (Å²) < 4.78 is 12.9. The third-order valence-corrected chi connectivity index (χ3v) is 13.1. The first kappa shape index (κ1) is 49.0. The summed E-state index contributed by atoms with van der Waals surface area (Å²) in [7, 11) is 0. The Morgan fingerprint density at radius 3 is 1.51 bits per heavy atom. The fraction of sp³-hybridized carbons (Fsp3) is 0.714. The second-order valence-corrected chi connectivity index (χ2v) is 18.4. The summed E-state index contributed by atoms with van der Waals surface area (Å²) >= 11 is 0. The van der Waals surface area contributed by atoms with Crippen molar-refractivity contribution in [2.75, 3.05) is 6.54 Å². The number of furan rings is 1. The van der Waals surface area contributed by atoms with Gasteiger partial charge in [-0.1, -0.05) is 250 Å². The van der Waals surface area contributed by atoms with Gasteiger partial charge >= 0.3 is 0 Å². The highest BCUT2D eigenvalue weighted by molar-refractivity contribution is 5.84. The highest BCUT2D eigenvalue weighted by atomic mass is 16.5. The Morgan fingerprint density at radius 2 is 1.00 bits per heavy atom. The van der Waals surface area contributed by atoms with Crippen molar-refractivity contribution >= 4 is 17.0 Å². The minimum absolute atomic E-state index is 0.972. The molecule has 2 aliphatic rings. The lowest BCUT2D eigenvalue weighted by molar-refractivity contribution is 0.250. The van der Waals surface area contributed by atoms with Crippen molar-refractivity contribution in [1.29, 1.82) is 0 Å². The van der Waals surface area contributed by atoms with Crippen molar-refractivity contribution in [3.63, 3.8) is 0 Å². The standard InChI is InChI=1S/C56H91NO2/c1-3-5-7-9-11-13-15-17-19-21-22-23-25-27-29-31-33-35-42-50-51-43-36-38-45-53(51)58-54(50)47-41-48-56-57(52-44-37-39-46-55(52)59-56)49-40-34-32-30-28-26-24-20-18-16-14-12-10-8-6-4-2/h36,38-39,41,43,45-48H,3-35,37,40,42,44,49H2,1-2H3/b47-41+,56-48-. The van der Waals surface area contributed by atoms with Crippen LogP contribution in [0, 0.1) is 0 Å². The van der Waals surface area contributed by atoms with Crippen molar-refractivity contribution in [1.82, 2.24) is 4.90 Å². The van der Waals surface area contributed by atoms with Gasteiger partial charge in [-0.15, -0.1) is 0 Å². The zero-order valence-corrected chi connectivity index (χ0v) is 38.8. The van der Waals surface area contributed by atoms with Crippen LogP contribution in [-0.2, 0) is 11.2 Å². The van der Waals surface area contributed by atoms with Gasteiger partial charge in [-0.05, 0) is 56.4 Å². The Bertz CT molecular complexity index is 1460. The van der Waals surface area contributed by atoms with Gasteiger partial charge in [0.15, 0.2) is 5.88 Å². The van der Waals surface area contributed by atoms with Gasteiger partial charge in [-0.25, -0.2) is 0 Å². The molecule has 0 fully saturated rings. The van der Waals surface area contributed by atoms with Gasteiger partial charge in [-0.3, -0.25) is 0 Å². The van der Waals surface area contributed by atoms with Crippen molar-refractivity contribution in [3.8, 4) is 0 Å². The molecule has 0 amide bonds. The number of rotatable bonds is 38. The molecule has 0 saturated heterocycles. The number of unbranched alkanes of at least 4 members (excludes halogenated alkanes) is 32. The predicted molar refractivity (Wildman–Crippen MR) is 259 cm³/mol. The molecule has 1 aromatic carbocycles. The van der Waals surface area contributed by atoms with E-state index in [9.17, 15) is 0 Å². The summed E-state index contributed by atoms with van der Waals surface area (Å²) in [4.78, 5) is 2.46. The summed E-state index contributed by atoms with van der Waals surface area (Å²) in [5, 5.41) is 1.27. The van der Waals surface area contributed by atoms with E-state index in [4.69, 9.17) is 9.15 Å². The van der Waals surface area contributed by atoms with Crippen LogP contribution in [0.5, 0.6) is 0 Å². The first-order valence-electron chi connectivity index (χ1n) is 26.1. The third-order valence-electron chi connectivity index (χ3n) is 13.1. The average Bonchev–Trinajstić information content (AvgIpc) is 3.80. The maximum atomic E-state index is 6.45. The van der Waals surface area contributed by atoms with Crippen LogP contribution >= 0.6 is 0 Å². The number of allylic oxidation sites excluding steroid dienone is 5. The van der Waals surface area contributed by atoms with E-state index in [0.29, 0.717) is 0 Å². The molecule has 2 aromatic rings. The number of ether oxygens (including phenoxy) is 1. The second-order valence-electron chi connectivity index (χ2n) is 18.4. The van der Waals surface area contributed by atoms with E-state index in [-0.39, 0.29) is 0 Å². The molecule has 0 bridgehead atoms. The fourth-order valence-corrected chi connectivity index (χ4v) is 9.41. The Hall–Kier alpha value is -2.68. The molecule has 3 heteroatoms. The van der Waals surface area contributed by atoms with Gasteiger partial charge in [0.2, 0.25) is 0 Å². The van der Waals surface area contributed by atoms with Gasteiger partial charge in [-0.2, -0.15) is 0 Å². The predicted octanol–water partition coefficient (Wildman–Crippen LogP) is 19.0. The van der Waals surface area contributed by atoms with Crippen LogP contribution in [-0.4, -0.2) is 11.4 Å². The quantitative estimate of drug-likeness (QED) is 0.0632. The summed E-state index contributed by atoms with van der Waals surface area (Å²) in [6.45, 7) is 5.65. The molecule has 0 atom stereocenters. The van der Waals surface area contributed by atoms with Crippen LogP contribution in [0.1, 0.15) is 256 Å². The molecule has 0 N–H and O–H groups in total. The topological polar surface area (TPSA) is 25.6 Å². The smallest absolute Gasteiger partial charge is 0.200 e. The first-order chi connectivity index (χ1) is 29.3. The SMILES string of the molecule is CCCCCCCCCCCCCCCCCCCCc1c(/C=C/C=C2\OC3=C(CCC=C3)N2CCCCCCCCCCCCCCCCCC)oc2ccccc12. The average molecular weight is 810 g/mol. The number of para-hydroxylation sites is 1. The molecule has 0 radical (unpaired) electrons. The van der Waals surface area contributed by atoms with Crippen molar-refractivity contribution in [2.24, 2.45) is 0 Å². The van der Waals surface area contributed by atoms with E-state index >= 15 is 0 Å². The number of fused-ring (bicyclic) bond motifs is 1. The Labute approximate surface area is 365 Å². The van der Waals surface area contributed by atoms with Gasteiger partial charge in [0, 0.05) is 17.5 Å². The number of hydrogen-bond donors (Lipinski definition) is 0. The Morgan fingerprint density at radius 1 is 0.542 bits per heavy atom. The molecule has 3 nitrogen and oxygen atoms in total. The van der Waals surface area contributed by atoms with Crippen LogP contribution in [0.3, 0.4) is 0 Å². The maximum Gasteiger partial charge on any atom is 0.200 e. The van der Waals surface area contributed by atoms with E-state index in [0.717, 1.165) is 48.8 Å². The van der Waals surface area contributed by atoms with Gasteiger partial charge in [0.1, 0.15) is 17.1 Å². The lowest BCUT2D eigenvalue weighted by Gasteiger charge is -2.21. The summed E-state index contributed by atoms with van der Waals surface area (Å²) in [6.07, 6.45) is 62.0. The molecule has 59 heavy (non-hydrogen) atoms. The molecule has 4 rings (SSSR count). The van der Waals surface area contributed by atoms with Crippen molar-refractivity contribution in [2.45, 2.75) is 251 Å². The lowest BCUT2D eigenvalue weighted by atomic mass is 10.0. The zero-order chi connectivity index (χ0) is 41.3. The van der Waals surface area contributed by atoms with E-state index in [1.54, 1.807) is 0 Å². The number of aryl methyl sites for hydroxylation is 1. The molecule has 1 aromatic heterocycles. The van der Waals surface area contributed by atoms with Gasteiger partial charge in [0.25, 0.3) is 0 Å². The van der Waals surface area contributed by atoms with Crippen molar-refractivity contribution < 1.29 is 9.15 Å². The van der Waals surface area contributed by atoms with Gasteiger partial charge in [0.05, 0.1) is 5.70 Å². The zero-order valence-electron chi connectivity index (χ0n) is 38.8. The van der Waals surface area contributed by atoms with E-state index in [1.807, 2.05) is 0 Å². The summed E-state index contributed by atoms with van der Waals surface area (Å²) in [5.41, 5.74) is 3.73. The van der Waals surface area contributed by atoms with Gasteiger partial charge < -0.3 is 14.1 Å². The molecular weight excluding hydrogens is 719 g/mol. The highest BCUT2D eigenvalue weighted by Crippen LogP contribution is 2.36. The van der Waals surface area contributed by atoms with E-state index in [2.05, 4.69) is 73.4 Å². The molecule has 2 heterocycles. The molecule has 332 valence electrons. The molecule has 0 saturated carbocycles. The minimum Gasteiger partial charge on any atom is -0.456 e. The van der Waals surface area contributed by atoms with Crippen molar-refractivity contribution in [3.05, 3.63) is 77.2 Å². The minimum atomic E-state index is 0.972. The molecule has 1 aliphatic heterocycles. The number of hydrogen-bond acceptors (Lipinski definition) is 3. The lowest BCUT2D eigenvalue weighted by Crippen LogP contribution is -2.20. The normalized spacial score (nSPS) is 14.8. The van der Waals surface area contributed by atoms with E-state index in [1.165, 1.54) is 235 Å². The van der Waals surface area contributed by atoms with Crippen LogP contribution in [0.4, 0.5) is 0 Å². The molecule has 0 spiro atoms. The van der Waals surface area contributed by atoms with Crippen LogP contribution < -0.4 is 0 Å². The third kappa shape index (κ3) is 20.6. The largest absolute Gasteiger partial charge is 0.456 e. The molecule has 1 aliphatic carbocycles. The fourth-order valence-electron chi connectivity index (χ4n) is 9.41. The van der Waals surface area contributed by atoms with Crippen LogP contribution in [0.25, 0.3) is 17.0 Å². The number of benzene rings is 1. The monoisotopic (exact) mass is 810 g/mol. The summed E-state index contributed by atoms with van der Waals surface area (Å²) in [5.74, 6) is 3.03. The Kier molecular flexibility index (Phi) is 27.4. The number of nitrogens with zero attached hydrogens (tertiary/aromatic N) is 1. The highest BCUT2D eigenvalue weighted by Gasteiger charge is 2.28. The first-order valence-corrected chi connectivity index (χ1v) is 26.1. The Balaban J connectivity index is 1.10.